The molecule has 0 amide bonds. The number of ether oxygens (including phenoxy) is 2. The molecule has 1 aromatic carbocycles. The minimum atomic E-state index is -3.84. The lowest BCUT2D eigenvalue weighted by Crippen LogP contribution is -2.09. The van der Waals surface area contributed by atoms with E-state index in [1.54, 1.807) is 0 Å². The molecule has 0 atom stereocenters. The van der Waals surface area contributed by atoms with Crippen molar-refractivity contribution in [1.82, 2.24) is 0 Å². The van der Waals surface area contributed by atoms with Crippen molar-refractivity contribution >= 4 is 7.60 Å². The Morgan fingerprint density at radius 1 is 0.500 bits per heavy atom. The third-order valence-corrected chi connectivity index (χ3v) is 6.76. The summed E-state index contributed by atoms with van der Waals surface area (Å²) in [6.07, 6.45) is 13.5. The van der Waals surface area contributed by atoms with Crippen molar-refractivity contribution in [3.63, 3.8) is 0 Å². The first kappa shape index (κ1) is 33.0. The molecule has 11 heteroatoms. The molecule has 0 heterocycles. The molecule has 1 aromatic rings. The predicted octanol–water partition coefficient (Wildman–Crippen LogP) is 7.55. The summed E-state index contributed by atoms with van der Waals surface area (Å²) >= 11 is 0. The fourth-order valence-corrected chi connectivity index (χ4v) is 4.39. The topological polar surface area (TPSA) is 76.0 Å². The van der Waals surface area contributed by atoms with Crippen LogP contribution in [-0.2, 0) is 20.6 Å². The summed E-state index contributed by atoms with van der Waals surface area (Å²) < 4.78 is 87.8. The molecular weight excluding hydrogens is 506 g/mol. The Hall–Kier alpha value is -1.06. The lowest BCUT2D eigenvalue weighted by atomic mass is 10.1. The van der Waals surface area contributed by atoms with Gasteiger partial charge in [0.25, 0.3) is 0 Å². The predicted molar refractivity (Wildman–Crippen MR) is 128 cm³/mol. The summed E-state index contributed by atoms with van der Waals surface area (Å²) in [7, 11) is -3.84. The monoisotopic (exact) mass is 546 g/mol. The molecule has 0 bridgehead atoms. The maximum atomic E-state index is 13.5. The molecule has 0 radical (unpaired) electrons. The number of unbranched alkanes of at least 4 members (excludes halogenated alkanes) is 12. The minimum Gasteiger partial charge on any atom is -0.381 e. The van der Waals surface area contributed by atoms with E-state index < -0.39 is 48.9 Å². The number of hydrogen-bond donors (Lipinski definition) is 2. The number of hydrogen-bond acceptors (Lipinski definition) is 3. The van der Waals surface area contributed by atoms with E-state index in [-0.39, 0.29) is 12.8 Å². The highest BCUT2D eigenvalue weighted by Gasteiger charge is 2.25. The van der Waals surface area contributed by atoms with Gasteiger partial charge >= 0.3 is 7.60 Å². The highest BCUT2D eigenvalue weighted by molar-refractivity contribution is 7.51. The second-order valence-electron chi connectivity index (χ2n) is 9.05. The molecule has 36 heavy (non-hydrogen) atoms. The van der Waals surface area contributed by atoms with E-state index >= 15 is 0 Å². The van der Waals surface area contributed by atoms with Crippen LogP contribution in [0.3, 0.4) is 0 Å². The smallest absolute Gasteiger partial charge is 0.325 e. The van der Waals surface area contributed by atoms with Crippen LogP contribution in [0.4, 0.5) is 22.0 Å². The first-order chi connectivity index (χ1) is 17.1. The first-order valence-corrected chi connectivity index (χ1v) is 14.6. The Kier molecular flexibility index (Phi) is 17.5. The van der Waals surface area contributed by atoms with Gasteiger partial charge in [0, 0.05) is 26.0 Å². The molecule has 0 spiro atoms. The fourth-order valence-electron chi connectivity index (χ4n) is 3.75. The van der Waals surface area contributed by atoms with E-state index in [2.05, 4.69) is 0 Å². The van der Waals surface area contributed by atoms with E-state index in [0.29, 0.717) is 12.8 Å². The number of halogens is 5. The van der Waals surface area contributed by atoms with Crippen LogP contribution in [-0.4, -0.2) is 35.8 Å². The molecule has 210 valence electrons. The normalized spacial score (nSPS) is 12.0. The van der Waals surface area contributed by atoms with Gasteiger partial charge in [-0.2, -0.15) is 0 Å². The standard InChI is InChI=1S/C25H40F5O5P/c26-21-20(22(27)24(29)25(30)23(21)28)19-35-17-13-9-5-4-8-12-16-34-15-11-7-3-1-2-6-10-14-18-36(31,32)33/h1-19H2,(H2,31,32,33). The first-order valence-electron chi connectivity index (χ1n) is 12.9. The minimum absolute atomic E-state index is 0.0138. The average molecular weight is 547 g/mol. The Bertz CT molecular complexity index is 762. The highest BCUT2D eigenvalue weighted by atomic mass is 31.2. The molecule has 0 unspecified atom stereocenters. The summed E-state index contributed by atoms with van der Waals surface area (Å²) in [5, 5.41) is 0. The third kappa shape index (κ3) is 14.6. The zero-order valence-electron chi connectivity index (χ0n) is 20.9. The van der Waals surface area contributed by atoms with Crippen molar-refractivity contribution < 1.29 is 45.8 Å². The van der Waals surface area contributed by atoms with Gasteiger partial charge in [-0.3, -0.25) is 4.57 Å². The third-order valence-electron chi connectivity index (χ3n) is 5.86. The maximum absolute atomic E-state index is 13.5. The lowest BCUT2D eigenvalue weighted by Gasteiger charge is -2.09. The van der Waals surface area contributed by atoms with E-state index in [1.807, 2.05) is 0 Å². The van der Waals surface area contributed by atoms with Crippen LogP contribution in [0.2, 0.25) is 0 Å². The van der Waals surface area contributed by atoms with Crippen LogP contribution in [0.5, 0.6) is 0 Å². The van der Waals surface area contributed by atoms with Gasteiger partial charge in [0.05, 0.1) is 12.2 Å². The van der Waals surface area contributed by atoms with E-state index in [0.717, 1.165) is 90.3 Å². The summed E-state index contributed by atoms with van der Waals surface area (Å²) in [5.74, 6) is -9.78. The highest BCUT2D eigenvalue weighted by Crippen LogP contribution is 2.35. The number of benzene rings is 1. The molecule has 2 N–H and O–H groups in total. The van der Waals surface area contributed by atoms with Crippen LogP contribution >= 0.6 is 7.60 Å². The maximum Gasteiger partial charge on any atom is 0.325 e. The van der Waals surface area contributed by atoms with E-state index in [9.17, 15) is 26.5 Å². The van der Waals surface area contributed by atoms with Gasteiger partial charge in [0.15, 0.2) is 23.3 Å². The lowest BCUT2D eigenvalue weighted by molar-refractivity contribution is 0.109. The fraction of sp³-hybridized carbons (Fsp3) is 0.760. The summed E-state index contributed by atoms with van der Waals surface area (Å²) in [4.78, 5) is 17.6. The Morgan fingerprint density at radius 2 is 0.833 bits per heavy atom. The quantitative estimate of drug-likeness (QED) is 0.0516. The van der Waals surface area contributed by atoms with Crippen molar-refractivity contribution in [2.45, 2.75) is 96.5 Å². The molecule has 0 saturated heterocycles. The van der Waals surface area contributed by atoms with E-state index in [4.69, 9.17) is 19.3 Å². The van der Waals surface area contributed by atoms with Crippen LogP contribution in [0.25, 0.3) is 0 Å². The number of rotatable bonds is 22. The van der Waals surface area contributed by atoms with Crippen molar-refractivity contribution in [2.24, 2.45) is 0 Å². The molecular formula is C25H40F5O5P. The van der Waals surface area contributed by atoms with Gasteiger partial charge in [-0.05, 0) is 25.7 Å². The Morgan fingerprint density at radius 3 is 1.25 bits per heavy atom. The molecule has 0 fully saturated rings. The molecule has 0 aliphatic carbocycles. The van der Waals surface area contributed by atoms with Crippen molar-refractivity contribution in [3.05, 3.63) is 34.6 Å². The van der Waals surface area contributed by atoms with Crippen LogP contribution in [0, 0.1) is 29.1 Å². The van der Waals surface area contributed by atoms with Gasteiger partial charge in [0.2, 0.25) is 5.82 Å². The second-order valence-corrected chi connectivity index (χ2v) is 10.8. The van der Waals surface area contributed by atoms with Gasteiger partial charge < -0.3 is 19.3 Å². The Balaban J connectivity index is 1.85. The zero-order valence-corrected chi connectivity index (χ0v) is 21.8. The molecule has 5 nitrogen and oxygen atoms in total. The summed E-state index contributed by atoms with van der Waals surface area (Å²) in [6, 6.07) is 0. The average Bonchev–Trinajstić information content (AvgIpc) is 2.83. The summed E-state index contributed by atoms with van der Waals surface area (Å²) in [5.41, 5.74) is -0.944. The molecule has 0 aliphatic rings. The molecule has 0 aliphatic heterocycles. The van der Waals surface area contributed by atoms with Gasteiger partial charge in [0.1, 0.15) is 0 Å². The van der Waals surface area contributed by atoms with Gasteiger partial charge in [-0.15, -0.1) is 0 Å². The molecule has 1 rings (SSSR count). The molecule has 0 aromatic heterocycles. The van der Waals surface area contributed by atoms with Gasteiger partial charge in [-0.1, -0.05) is 64.2 Å². The van der Waals surface area contributed by atoms with Crippen LogP contribution < -0.4 is 0 Å². The Labute approximate surface area is 210 Å². The summed E-state index contributed by atoms with van der Waals surface area (Å²) in [6.45, 7) is 0.997. The largest absolute Gasteiger partial charge is 0.381 e. The van der Waals surface area contributed by atoms with Crippen molar-refractivity contribution in [3.8, 4) is 0 Å². The van der Waals surface area contributed by atoms with Gasteiger partial charge in [-0.25, -0.2) is 22.0 Å². The second kappa shape index (κ2) is 19.1. The van der Waals surface area contributed by atoms with Crippen LogP contribution in [0.1, 0.15) is 95.5 Å². The van der Waals surface area contributed by atoms with Crippen molar-refractivity contribution in [2.75, 3.05) is 26.0 Å². The van der Waals surface area contributed by atoms with Crippen LogP contribution in [0.15, 0.2) is 0 Å². The molecule has 0 saturated carbocycles. The zero-order chi connectivity index (χ0) is 26.8. The SMILES string of the molecule is O=P(O)(O)CCCCCCCCCCOCCCCCCCCOCc1c(F)c(F)c(F)c(F)c1F. The van der Waals surface area contributed by atoms with E-state index in [1.165, 1.54) is 0 Å². The van der Waals surface area contributed by atoms with Crippen molar-refractivity contribution in [1.29, 1.82) is 0 Å².